The number of nitrogens with zero attached hydrogens (tertiary/aromatic N) is 2. The highest BCUT2D eigenvalue weighted by atomic mass is 35.5. The van der Waals surface area contributed by atoms with Gasteiger partial charge in [-0.15, -0.1) is 0 Å². The minimum Gasteiger partial charge on any atom is -0.478 e. The highest BCUT2D eigenvalue weighted by Crippen LogP contribution is 2.23. The second-order valence-electron chi connectivity index (χ2n) is 5.94. The lowest BCUT2D eigenvalue weighted by molar-refractivity contribution is -0.131. The molecule has 1 fully saturated rings. The molecule has 6 heteroatoms. The number of carboxylic acid groups (broad SMARTS) is 1. The molecule has 2 heterocycles. The van der Waals surface area contributed by atoms with Crippen LogP contribution in [0.2, 0.25) is 5.02 Å². The minimum absolute atomic E-state index is 0.325. The number of halogens is 1. The average Bonchev–Trinajstić information content (AvgIpc) is 2.93. The first kappa shape index (κ1) is 17.5. The first-order valence-electron chi connectivity index (χ1n) is 7.63. The molecule has 1 aliphatic rings. The third kappa shape index (κ3) is 5.69. The Bertz CT molecular complexity index is 624. The predicted octanol–water partition coefficient (Wildman–Crippen LogP) is 3.29. The molecule has 0 aliphatic carbocycles. The van der Waals surface area contributed by atoms with E-state index in [1.54, 1.807) is 12.3 Å². The number of pyridine rings is 1. The molecule has 1 saturated heterocycles. The number of carboxylic acids is 1. The largest absolute Gasteiger partial charge is 0.478 e. The van der Waals surface area contributed by atoms with E-state index < -0.39 is 5.97 Å². The van der Waals surface area contributed by atoms with Gasteiger partial charge in [0.05, 0.1) is 5.02 Å². The zero-order valence-corrected chi connectivity index (χ0v) is 14.2. The minimum atomic E-state index is -0.995. The lowest BCUT2D eigenvalue weighted by Gasteiger charge is -2.16. The maximum absolute atomic E-state index is 10.5. The highest BCUT2D eigenvalue weighted by molar-refractivity contribution is 6.33. The Morgan fingerprint density at radius 1 is 1.57 bits per heavy atom. The van der Waals surface area contributed by atoms with Crippen LogP contribution in [0.3, 0.4) is 0 Å². The van der Waals surface area contributed by atoms with Gasteiger partial charge in [-0.1, -0.05) is 23.3 Å². The summed E-state index contributed by atoms with van der Waals surface area (Å²) in [5.74, 6) is -0.348. The Balaban J connectivity index is 1.93. The second kappa shape index (κ2) is 8.13. The normalized spacial score (nSPS) is 18.3. The summed E-state index contributed by atoms with van der Waals surface area (Å²) in [7, 11) is 0. The highest BCUT2D eigenvalue weighted by Gasteiger charge is 2.22. The molecule has 1 aromatic rings. The lowest BCUT2D eigenvalue weighted by Crippen LogP contribution is -2.26. The number of anilines is 1. The zero-order chi connectivity index (χ0) is 16.8. The van der Waals surface area contributed by atoms with E-state index in [0.717, 1.165) is 32.1 Å². The summed E-state index contributed by atoms with van der Waals surface area (Å²) < 4.78 is 0. The van der Waals surface area contributed by atoms with Crippen molar-refractivity contribution in [2.75, 3.05) is 25.0 Å². The predicted molar refractivity (Wildman–Crippen MR) is 93.8 cm³/mol. The summed E-state index contributed by atoms with van der Waals surface area (Å²) in [5.41, 5.74) is 2.00. The van der Waals surface area contributed by atoms with Crippen molar-refractivity contribution >= 4 is 29.5 Å². The summed E-state index contributed by atoms with van der Waals surface area (Å²) in [5, 5.41) is 12.5. The molecule has 2 rings (SSSR count). The van der Waals surface area contributed by atoms with Crippen molar-refractivity contribution < 1.29 is 9.90 Å². The molecule has 1 aliphatic heterocycles. The summed E-state index contributed by atoms with van der Waals surface area (Å²) in [6, 6.07) is 2.04. The Morgan fingerprint density at radius 2 is 2.35 bits per heavy atom. The van der Waals surface area contributed by atoms with Crippen LogP contribution >= 0.6 is 11.6 Å². The van der Waals surface area contributed by atoms with Crippen LogP contribution in [0, 0.1) is 0 Å². The fraction of sp³-hybridized carbons (Fsp3) is 0.412. The van der Waals surface area contributed by atoms with Gasteiger partial charge in [0, 0.05) is 37.9 Å². The van der Waals surface area contributed by atoms with Gasteiger partial charge < -0.3 is 10.4 Å². The number of carbonyl (C=O) groups is 1. The number of rotatable bonds is 6. The SMILES string of the molecule is CC(C)=CCN1CCC(Nc2ncc(/C=C/C(=O)O)cc2Cl)C1. The van der Waals surface area contributed by atoms with Crippen molar-refractivity contribution in [3.8, 4) is 0 Å². The second-order valence-corrected chi connectivity index (χ2v) is 6.35. The van der Waals surface area contributed by atoms with E-state index in [2.05, 4.69) is 35.1 Å². The van der Waals surface area contributed by atoms with Crippen LogP contribution in [0.25, 0.3) is 6.08 Å². The maximum Gasteiger partial charge on any atom is 0.328 e. The molecule has 0 aromatic carbocycles. The van der Waals surface area contributed by atoms with Gasteiger partial charge in [-0.05, 0) is 38.0 Å². The van der Waals surface area contributed by atoms with Crippen molar-refractivity contribution in [1.82, 2.24) is 9.88 Å². The van der Waals surface area contributed by atoms with E-state index in [9.17, 15) is 4.79 Å². The molecule has 23 heavy (non-hydrogen) atoms. The van der Waals surface area contributed by atoms with Crippen molar-refractivity contribution in [2.24, 2.45) is 0 Å². The third-order valence-electron chi connectivity index (χ3n) is 3.65. The molecule has 0 bridgehead atoms. The number of likely N-dealkylation sites (tertiary alicyclic amines) is 1. The van der Waals surface area contributed by atoms with Crippen molar-refractivity contribution in [2.45, 2.75) is 26.3 Å². The van der Waals surface area contributed by atoms with Crippen molar-refractivity contribution in [1.29, 1.82) is 0 Å². The molecule has 124 valence electrons. The van der Waals surface area contributed by atoms with Crippen molar-refractivity contribution in [3.05, 3.63) is 40.6 Å². The Kier molecular flexibility index (Phi) is 6.19. The van der Waals surface area contributed by atoms with Gasteiger partial charge >= 0.3 is 5.97 Å². The third-order valence-corrected chi connectivity index (χ3v) is 3.94. The quantitative estimate of drug-likeness (QED) is 0.617. The number of aromatic nitrogens is 1. The van der Waals surface area contributed by atoms with Crippen LogP contribution in [0.15, 0.2) is 30.0 Å². The molecule has 5 nitrogen and oxygen atoms in total. The Hall–Kier alpha value is -1.85. The Labute approximate surface area is 141 Å². The van der Waals surface area contributed by atoms with Crippen LogP contribution in [0.1, 0.15) is 25.8 Å². The number of nitrogens with one attached hydrogen (secondary N) is 1. The molecule has 0 amide bonds. The van der Waals surface area contributed by atoms with E-state index in [1.807, 2.05) is 0 Å². The van der Waals surface area contributed by atoms with Crippen LogP contribution in [0.4, 0.5) is 5.82 Å². The van der Waals surface area contributed by atoms with Crippen LogP contribution in [-0.4, -0.2) is 46.6 Å². The van der Waals surface area contributed by atoms with Gasteiger partial charge in [0.15, 0.2) is 0 Å². The summed E-state index contributed by atoms with van der Waals surface area (Å²) in [6.45, 7) is 7.20. The zero-order valence-electron chi connectivity index (χ0n) is 13.4. The van der Waals surface area contributed by atoms with Crippen LogP contribution in [0.5, 0.6) is 0 Å². The van der Waals surface area contributed by atoms with E-state index in [0.29, 0.717) is 22.4 Å². The Morgan fingerprint density at radius 3 is 3.00 bits per heavy atom. The molecule has 2 N–H and O–H groups in total. The van der Waals surface area contributed by atoms with Gasteiger partial charge in [0.25, 0.3) is 0 Å². The molecule has 0 radical (unpaired) electrons. The van der Waals surface area contributed by atoms with E-state index in [-0.39, 0.29) is 0 Å². The van der Waals surface area contributed by atoms with Crippen molar-refractivity contribution in [3.63, 3.8) is 0 Å². The smallest absolute Gasteiger partial charge is 0.328 e. The summed E-state index contributed by atoms with van der Waals surface area (Å²) in [6.07, 6.45) is 7.44. The topological polar surface area (TPSA) is 65.5 Å². The van der Waals surface area contributed by atoms with Gasteiger partial charge in [-0.3, -0.25) is 4.90 Å². The van der Waals surface area contributed by atoms with Crippen LogP contribution < -0.4 is 5.32 Å². The molecular weight excluding hydrogens is 314 g/mol. The fourth-order valence-corrected chi connectivity index (χ4v) is 2.67. The monoisotopic (exact) mass is 335 g/mol. The van der Waals surface area contributed by atoms with Gasteiger partial charge in [-0.2, -0.15) is 0 Å². The number of hydrogen-bond acceptors (Lipinski definition) is 4. The molecule has 1 aromatic heterocycles. The van der Waals surface area contributed by atoms with Gasteiger partial charge in [0.1, 0.15) is 5.82 Å². The maximum atomic E-state index is 10.5. The number of aliphatic carboxylic acids is 1. The molecular formula is C17H22ClN3O2. The molecule has 1 atom stereocenters. The average molecular weight is 336 g/mol. The van der Waals surface area contributed by atoms with Gasteiger partial charge in [-0.25, -0.2) is 9.78 Å². The van der Waals surface area contributed by atoms with Gasteiger partial charge in [0.2, 0.25) is 0 Å². The summed E-state index contributed by atoms with van der Waals surface area (Å²) >= 11 is 6.23. The molecule has 0 spiro atoms. The standard InChI is InChI=1S/C17H22ClN3O2/c1-12(2)5-7-21-8-6-14(11-21)20-17-15(18)9-13(10-19-17)3-4-16(22)23/h3-5,9-10,14H,6-8,11H2,1-2H3,(H,19,20)(H,22,23)/b4-3+. The van der Waals surface area contributed by atoms with E-state index in [1.165, 1.54) is 11.6 Å². The molecule has 1 unspecified atom stereocenters. The molecule has 0 saturated carbocycles. The first-order chi connectivity index (χ1) is 10.9. The first-order valence-corrected chi connectivity index (χ1v) is 8.00. The van der Waals surface area contributed by atoms with E-state index in [4.69, 9.17) is 16.7 Å². The van der Waals surface area contributed by atoms with E-state index >= 15 is 0 Å². The summed E-state index contributed by atoms with van der Waals surface area (Å²) in [4.78, 5) is 17.2. The lowest BCUT2D eigenvalue weighted by atomic mass is 10.2. The fourth-order valence-electron chi connectivity index (χ4n) is 2.44. The van der Waals surface area contributed by atoms with Crippen LogP contribution in [-0.2, 0) is 4.79 Å². The number of allylic oxidation sites excluding steroid dienone is 1. The number of hydrogen-bond donors (Lipinski definition) is 2.